The second kappa shape index (κ2) is 7.41. The first-order valence-electron chi connectivity index (χ1n) is 9.63. The zero-order valence-electron chi connectivity index (χ0n) is 15.9. The van der Waals surface area contributed by atoms with Gasteiger partial charge in [0.15, 0.2) is 5.65 Å². The minimum atomic E-state index is 0.156. The van der Waals surface area contributed by atoms with E-state index in [1.54, 1.807) is 29.8 Å². The van der Waals surface area contributed by atoms with Gasteiger partial charge in [0.25, 0.3) is 0 Å². The van der Waals surface area contributed by atoms with Gasteiger partial charge in [-0.3, -0.25) is 5.10 Å². The average molecular weight is 408 g/mol. The highest BCUT2D eigenvalue weighted by Crippen LogP contribution is 2.43. The molecule has 0 spiro atoms. The molecule has 29 heavy (non-hydrogen) atoms. The Morgan fingerprint density at radius 1 is 1.28 bits per heavy atom. The third-order valence-electron chi connectivity index (χ3n) is 5.16. The van der Waals surface area contributed by atoms with E-state index < -0.39 is 0 Å². The molecule has 0 amide bonds. The van der Waals surface area contributed by atoms with Crippen LogP contribution in [-0.4, -0.2) is 49.6 Å². The van der Waals surface area contributed by atoms with E-state index >= 15 is 0 Å². The SMILES string of the molecule is Cc1nc2nnc(-c3c(O)cccc3-c3cn[nH]c3)c(N[C@H]3CCCNC3)c2s1. The third-order valence-corrected chi connectivity index (χ3v) is 6.14. The number of aromatic hydroxyl groups is 1. The van der Waals surface area contributed by atoms with Gasteiger partial charge in [-0.15, -0.1) is 21.5 Å². The minimum absolute atomic E-state index is 0.156. The summed E-state index contributed by atoms with van der Waals surface area (Å²) in [5.74, 6) is 0.156. The predicted octanol–water partition coefficient (Wildman–Crippen LogP) is 3.32. The van der Waals surface area contributed by atoms with Crippen molar-refractivity contribution >= 4 is 27.4 Å². The minimum Gasteiger partial charge on any atom is -0.507 e. The number of phenols is 1. The van der Waals surface area contributed by atoms with Gasteiger partial charge in [-0.1, -0.05) is 12.1 Å². The maximum absolute atomic E-state index is 10.8. The molecule has 4 heterocycles. The number of anilines is 1. The third kappa shape index (κ3) is 3.32. The molecule has 0 unspecified atom stereocenters. The largest absolute Gasteiger partial charge is 0.507 e. The van der Waals surface area contributed by atoms with Crippen LogP contribution in [0.15, 0.2) is 30.6 Å². The van der Waals surface area contributed by atoms with Crippen LogP contribution in [0.5, 0.6) is 5.75 Å². The topological polar surface area (TPSA) is 112 Å². The van der Waals surface area contributed by atoms with Gasteiger partial charge in [0.1, 0.15) is 16.1 Å². The van der Waals surface area contributed by atoms with Crippen molar-refractivity contribution in [1.29, 1.82) is 0 Å². The summed E-state index contributed by atoms with van der Waals surface area (Å²) in [5, 5.41) is 34.6. The molecule has 0 radical (unpaired) electrons. The molecule has 1 aromatic carbocycles. The highest BCUT2D eigenvalue weighted by Gasteiger charge is 2.24. The summed E-state index contributed by atoms with van der Waals surface area (Å²) in [6.07, 6.45) is 5.73. The van der Waals surface area contributed by atoms with Crippen LogP contribution in [0, 0.1) is 6.92 Å². The number of aromatic amines is 1. The monoisotopic (exact) mass is 407 g/mol. The van der Waals surface area contributed by atoms with Crippen molar-refractivity contribution in [3.63, 3.8) is 0 Å². The van der Waals surface area contributed by atoms with Gasteiger partial charge in [-0.25, -0.2) is 4.98 Å². The Morgan fingerprint density at radius 3 is 3.00 bits per heavy atom. The summed E-state index contributed by atoms with van der Waals surface area (Å²) in [6.45, 7) is 3.89. The number of thiazole rings is 1. The lowest BCUT2D eigenvalue weighted by Crippen LogP contribution is -2.38. The van der Waals surface area contributed by atoms with Crippen LogP contribution in [0.1, 0.15) is 17.8 Å². The van der Waals surface area contributed by atoms with Gasteiger partial charge in [0, 0.05) is 24.3 Å². The van der Waals surface area contributed by atoms with E-state index in [1.165, 1.54) is 0 Å². The molecule has 0 bridgehead atoms. The van der Waals surface area contributed by atoms with Crippen LogP contribution in [0.2, 0.25) is 0 Å². The lowest BCUT2D eigenvalue weighted by atomic mass is 9.97. The van der Waals surface area contributed by atoms with Gasteiger partial charge in [-0.2, -0.15) is 5.10 Å². The smallest absolute Gasteiger partial charge is 0.195 e. The van der Waals surface area contributed by atoms with E-state index in [9.17, 15) is 5.11 Å². The van der Waals surface area contributed by atoms with Crippen LogP contribution in [-0.2, 0) is 0 Å². The number of benzene rings is 1. The fourth-order valence-corrected chi connectivity index (χ4v) is 4.68. The summed E-state index contributed by atoms with van der Waals surface area (Å²) in [6, 6.07) is 5.73. The lowest BCUT2D eigenvalue weighted by molar-refractivity contribution is 0.476. The molecule has 3 aromatic heterocycles. The molecular formula is C20H21N7OS. The summed E-state index contributed by atoms with van der Waals surface area (Å²) >= 11 is 1.59. The molecule has 4 aromatic rings. The average Bonchev–Trinajstić information content (AvgIpc) is 3.38. The van der Waals surface area contributed by atoms with E-state index in [0.717, 1.165) is 52.5 Å². The molecule has 1 aliphatic heterocycles. The normalized spacial score (nSPS) is 16.9. The van der Waals surface area contributed by atoms with Crippen molar-refractivity contribution in [2.75, 3.05) is 18.4 Å². The van der Waals surface area contributed by atoms with Gasteiger partial charge < -0.3 is 15.7 Å². The molecule has 1 fully saturated rings. The van der Waals surface area contributed by atoms with Crippen LogP contribution >= 0.6 is 11.3 Å². The maximum Gasteiger partial charge on any atom is 0.195 e. The Labute approximate surface area is 171 Å². The van der Waals surface area contributed by atoms with Gasteiger partial charge in [0.2, 0.25) is 0 Å². The molecular weight excluding hydrogens is 386 g/mol. The molecule has 0 saturated carbocycles. The standard InChI is InChI=1S/C20H21N7OS/c1-11-24-20-19(29-11)18(25-13-4-3-7-21-10-13)17(26-27-20)16-14(5-2-6-15(16)28)12-8-22-23-9-12/h2,5-6,8-9,13,21,28H,3-4,7,10H2,1H3,(H,22,23)(H,25,27)/t13-/m0/s1. The summed E-state index contributed by atoms with van der Waals surface area (Å²) in [7, 11) is 0. The molecule has 148 valence electrons. The van der Waals surface area contributed by atoms with Crippen LogP contribution in [0.3, 0.4) is 0 Å². The Balaban J connectivity index is 1.72. The molecule has 1 saturated heterocycles. The van der Waals surface area contributed by atoms with Crippen molar-refractivity contribution in [2.45, 2.75) is 25.8 Å². The second-order valence-electron chi connectivity index (χ2n) is 7.18. The van der Waals surface area contributed by atoms with Crippen LogP contribution < -0.4 is 10.6 Å². The fourth-order valence-electron chi connectivity index (χ4n) is 3.82. The first-order chi connectivity index (χ1) is 14.2. The molecule has 9 heteroatoms. The number of nitrogens with zero attached hydrogens (tertiary/aromatic N) is 4. The predicted molar refractivity (Wildman–Crippen MR) is 114 cm³/mol. The lowest BCUT2D eigenvalue weighted by Gasteiger charge is -2.26. The van der Waals surface area contributed by atoms with E-state index in [2.05, 4.69) is 36.0 Å². The van der Waals surface area contributed by atoms with Crippen molar-refractivity contribution in [2.24, 2.45) is 0 Å². The van der Waals surface area contributed by atoms with Crippen LogP contribution in [0.25, 0.3) is 32.7 Å². The Kier molecular flexibility index (Phi) is 4.61. The van der Waals surface area contributed by atoms with E-state index in [-0.39, 0.29) is 11.8 Å². The second-order valence-corrected chi connectivity index (χ2v) is 8.39. The van der Waals surface area contributed by atoms with Gasteiger partial charge in [-0.05, 0) is 37.9 Å². The maximum atomic E-state index is 10.8. The fraction of sp³-hybridized carbons (Fsp3) is 0.300. The number of aromatic nitrogens is 5. The number of H-pyrrole nitrogens is 1. The highest BCUT2D eigenvalue weighted by molar-refractivity contribution is 7.19. The zero-order valence-corrected chi connectivity index (χ0v) is 16.8. The van der Waals surface area contributed by atoms with Crippen molar-refractivity contribution in [1.82, 2.24) is 30.7 Å². The molecule has 1 aliphatic rings. The molecule has 8 nitrogen and oxygen atoms in total. The first kappa shape index (κ1) is 18.0. The number of aryl methyl sites for hydroxylation is 1. The highest BCUT2D eigenvalue weighted by atomic mass is 32.1. The number of rotatable bonds is 4. The number of nitrogens with one attached hydrogen (secondary N) is 3. The molecule has 5 rings (SSSR count). The number of piperidine rings is 1. The van der Waals surface area contributed by atoms with E-state index in [1.807, 2.05) is 19.1 Å². The number of hydrogen-bond acceptors (Lipinski definition) is 8. The zero-order chi connectivity index (χ0) is 19.8. The Morgan fingerprint density at radius 2 is 2.21 bits per heavy atom. The molecule has 0 aliphatic carbocycles. The van der Waals surface area contributed by atoms with Gasteiger partial charge >= 0.3 is 0 Å². The van der Waals surface area contributed by atoms with Gasteiger partial charge in [0.05, 0.1) is 22.5 Å². The van der Waals surface area contributed by atoms with Crippen molar-refractivity contribution in [3.8, 4) is 28.1 Å². The number of phenolic OH excluding ortho intramolecular Hbond substituents is 1. The molecule has 4 N–H and O–H groups in total. The van der Waals surface area contributed by atoms with Crippen molar-refractivity contribution < 1.29 is 5.11 Å². The summed E-state index contributed by atoms with van der Waals surface area (Å²) in [5.41, 5.74) is 4.49. The van der Waals surface area contributed by atoms with Crippen molar-refractivity contribution in [3.05, 3.63) is 35.6 Å². The first-order valence-corrected chi connectivity index (χ1v) is 10.4. The number of fused-ring (bicyclic) bond motifs is 1. The summed E-state index contributed by atoms with van der Waals surface area (Å²) in [4.78, 5) is 4.51. The van der Waals surface area contributed by atoms with E-state index in [0.29, 0.717) is 16.9 Å². The van der Waals surface area contributed by atoms with Crippen LogP contribution in [0.4, 0.5) is 5.69 Å². The number of hydrogen-bond donors (Lipinski definition) is 4. The Hall–Kier alpha value is -3.04. The Bertz CT molecular complexity index is 1150. The summed E-state index contributed by atoms with van der Waals surface area (Å²) < 4.78 is 0.958. The van der Waals surface area contributed by atoms with E-state index in [4.69, 9.17) is 0 Å². The quantitative estimate of drug-likeness (QED) is 0.411. The molecule has 1 atom stereocenters.